The number of rotatable bonds is 10. The normalized spacial score (nSPS) is 11.3. The second kappa shape index (κ2) is 14.4. The molecule has 10 nitrogen and oxygen atoms in total. The summed E-state index contributed by atoms with van der Waals surface area (Å²) in [5, 5.41) is 19.9. The first kappa shape index (κ1) is 29.9. The van der Waals surface area contributed by atoms with E-state index in [1.807, 2.05) is 43.6 Å². The molecule has 2 aromatic heterocycles. The molecule has 3 aromatic rings. The highest BCUT2D eigenvalue weighted by molar-refractivity contribution is 5.91. The first-order valence-electron chi connectivity index (χ1n) is 11.6. The van der Waals surface area contributed by atoms with E-state index in [1.54, 1.807) is 6.20 Å². The number of benzene rings is 1. The number of nitrogens with zero attached hydrogens (tertiary/aromatic N) is 3. The number of H-pyrrole nitrogens is 2. The molecule has 0 radical (unpaired) electrons. The fourth-order valence-electron chi connectivity index (χ4n) is 3.24. The quantitative estimate of drug-likeness (QED) is 0.268. The number of nitriles is 1. The first-order chi connectivity index (χ1) is 18.0. The highest BCUT2D eigenvalue weighted by Gasteiger charge is 2.38. The van der Waals surface area contributed by atoms with E-state index in [1.165, 1.54) is 5.56 Å². The number of unbranched alkanes of at least 4 members (excludes halogenated alkanes) is 1. The molecule has 0 bridgehead atoms. The monoisotopic (exact) mass is 534 g/mol. The van der Waals surface area contributed by atoms with Crippen LogP contribution in [-0.4, -0.2) is 63.4 Å². The van der Waals surface area contributed by atoms with E-state index >= 15 is 0 Å². The predicted octanol–water partition coefficient (Wildman–Crippen LogP) is 4.98. The molecule has 0 aliphatic rings. The van der Waals surface area contributed by atoms with Crippen LogP contribution in [0.1, 0.15) is 36.8 Å². The van der Waals surface area contributed by atoms with Crippen LogP contribution in [0.15, 0.2) is 42.7 Å². The molecule has 2 heterocycles. The molecule has 3 rings (SSSR count). The summed E-state index contributed by atoms with van der Waals surface area (Å²) in [6.45, 7) is 3.82. The Labute approximate surface area is 217 Å². The zero-order chi connectivity index (χ0) is 28.1. The number of alkyl halides is 3. The van der Waals surface area contributed by atoms with Crippen LogP contribution in [0.25, 0.3) is 10.9 Å². The SMILES string of the molecule is CCCC=CCOC(=O)Nc1ccc2[nH]cc(CCN(C)Cc3ncc(C#N)[nH]3)c2c1.O=C(O)C(F)(F)F. The molecule has 1 amide bonds. The number of carbonyl (C=O) groups excluding carboxylic acids is 1. The van der Waals surface area contributed by atoms with E-state index in [-0.39, 0.29) is 6.61 Å². The van der Waals surface area contributed by atoms with E-state index in [0.717, 1.165) is 42.5 Å². The van der Waals surface area contributed by atoms with Gasteiger partial charge in [-0.1, -0.05) is 25.5 Å². The van der Waals surface area contributed by atoms with Crippen LogP contribution < -0.4 is 5.32 Å². The van der Waals surface area contributed by atoms with Crippen molar-refractivity contribution in [1.82, 2.24) is 19.9 Å². The Balaban J connectivity index is 0.000000638. The van der Waals surface area contributed by atoms with Gasteiger partial charge in [0.15, 0.2) is 0 Å². The summed E-state index contributed by atoms with van der Waals surface area (Å²) in [4.78, 5) is 33.5. The maximum absolute atomic E-state index is 12.0. The lowest BCUT2D eigenvalue weighted by molar-refractivity contribution is -0.192. The van der Waals surface area contributed by atoms with Crippen molar-refractivity contribution >= 4 is 28.7 Å². The number of fused-ring (bicyclic) bond motifs is 1. The molecule has 4 N–H and O–H groups in total. The van der Waals surface area contributed by atoms with E-state index in [4.69, 9.17) is 19.9 Å². The number of hydrogen-bond acceptors (Lipinski definition) is 6. The topological polar surface area (TPSA) is 147 Å². The van der Waals surface area contributed by atoms with Crippen LogP contribution in [0.5, 0.6) is 0 Å². The van der Waals surface area contributed by atoms with Crippen LogP contribution >= 0.6 is 0 Å². The van der Waals surface area contributed by atoms with Crippen molar-refractivity contribution in [3.63, 3.8) is 0 Å². The molecule has 13 heteroatoms. The van der Waals surface area contributed by atoms with Gasteiger partial charge in [0, 0.05) is 29.3 Å². The number of anilines is 1. The largest absolute Gasteiger partial charge is 0.490 e. The lowest BCUT2D eigenvalue weighted by Crippen LogP contribution is -2.21. The van der Waals surface area contributed by atoms with Crippen LogP contribution in [-0.2, 0) is 22.5 Å². The number of aliphatic carboxylic acids is 1. The summed E-state index contributed by atoms with van der Waals surface area (Å²) in [7, 11) is 2.02. The summed E-state index contributed by atoms with van der Waals surface area (Å²) in [6, 6.07) is 7.81. The number of carbonyl (C=O) groups is 2. The number of aromatic amines is 2. The average molecular weight is 535 g/mol. The summed E-state index contributed by atoms with van der Waals surface area (Å²) in [6.07, 6.45) is 4.75. The maximum Gasteiger partial charge on any atom is 0.490 e. The Hall–Kier alpha value is -4.31. The van der Waals surface area contributed by atoms with E-state index in [2.05, 4.69) is 38.2 Å². The van der Waals surface area contributed by atoms with E-state index in [9.17, 15) is 18.0 Å². The van der Waals surface area contributed by atoms with Gasteiger partial charge in [-0.05, 0) is 43.7 Å². The van der Waals surface area contributed by atoms with Gasteiger partial charge in [0.2, 0.25) is 0 Å². The summed E-state index contributed by atoms with van der Waals surface area (Å²) in [5.74, 6) is -1.99. The average Bonchev–Trinajstić information content (AvgIpc) is 3.48. The molecule has 0 aliphatic heterocycles. The Morgan fingerprint density at radius 3 is 2.68 bits per heavy atom. The first-order valence-corrected chi connectivity index (χ1v) is 11.6. The minimum atomic E-state index is -5.08. The second-order valence-corrected chi connectivity index (χ2v) is 8.20. The number of allylic oxidation sites excluding steroid dienone is 1. The Morgan fingerprint density at radius 2 is 2.05 bits per heavy atom. The third kappa shape index (κ3) is 9.98. The number of amides is 1. The van der Waals surface area contributed by atoms with Crippen molar-refractivity contribution in [3.8, 4) is 6.07 Å². The summed E-state index contributed by atoms with van der Waals surface area (Å²) < 4.78 is 36.9. The van der Waals surface area contributed by atoms with E-state index in [0.29, 0.717) is 17.9 Å². The van der Waals surface area contributed by atoms with Gasteiger partial charge in [-0.15, -0.1) is 0 Å². The molecule has 0 atom stereocenters. The zero-order valence-corrected chi connectivity index (χ0v) is 20.9. The Morgan fingerprint density at radius 1 is 1.32 bits per heavy atom. The summed E-state index contributed by atoms with van der Waals surface area (Å²) in [5.41, 5.74) is 3.35. The van der Waals surface area contributed by atoms with Crippen LogP contribution in [0.4, 0.5) is 23.7 Å². The summed E-state index contributed by atoms with van der Waals surface area (Å²) >= 11 is 0. The lowest BCUT2D eigenvalue weighted by atomic mass is 10.1. The van der Waals surface area contributed by atoms with Gasteiger partial charge in [-0.2, -0.15) is 18.4 Å². The van der Waals surface area contributed by atoms with Gasteiger partial charge in [-0.25, -0.2) is 14.6 Å². The zero-order valence-electron chi connectivity index (χ0n) is 20.9. The third-order valence-electron chi connectivity index (χ3n) is 5.12. The number of ether oxygens (including phenoxy) is 1. The van der Waals surface area contributed by atoms with Crippen molar-refractivity contribution in [2.45, 2.75) is 38.9 Å². The number of aromatic nitrogens is 3. The fourth-order valence-corrected chi connectivity index (χ4v) is 3.24. The molecule has 0 saturated carbocycles. The van der Waals surface area contributed by atoms with Crippen LogP contribution in [0, 0.1) is 11.3 Å². The molecule has 0 fully saturated rings. The Kier molecular flexibility index (Phi) is 11.4. The molecular formula is C25H29F3N6O4. The van der Waals surface area contributed by atoms with Crippen LogP contribution in [0.2, 0.25) is 0 Å². The van der Waals surface area contributed by atoms with Crippen molar-refractivity contribution in [2.75, 3.05) is 25.5 Å². The van der Waals surface area contributed by atoms with Gasteiger partial charge in [0.1, 0.15) is 24.2 Å². The highest BCUT2D eigenvalue weighted by Crippen LogP contribution is 2.23. The number of likely N-dealkylation sites (N-methyl/N-ethyl adjacent to an activating group) is 1. The van der Waals surface area contributed by atoms with Crippen molar-refractivity contribution in [2.24, 2.45) is 0 Å². The fraction of sp³-hybridized carbons (Fsp3) is 0.360. The maximum atomic E-state index is 12.0. The standard InChI is InChI=1S/C23H28N6O2.C2HF3O2/c1-3-4-5-6-11-31-23(30)28-18-7-8-21-20(12-18)17(14-25-21)9-10-29(2)16-22-26-15-19(13-24)27-22;3-2(4,5)1(6)7/h5-8,12,14-15,25H,3-4,9-11,16H2,1-2H3,(H,26,27)(H,28,30);(H,6,7). The molecular weight excluding hydrogens is 505 g/mol. The van der Waals surface area contributed by atoms with E-state index < -0.39 is 18.2 Å². The number of carboxylic acids is 1. The predicted molar refractivity (Wildman–Crippen MR) is 134 cm³/mol. The van der Waals surface area contributed by atoms with Crippen molar-refractivity contribution in [3.05, 3.63) is 59.8 Å². The van der Waals surface area contributed by atoms with Crippen molar-refractivity contribution < 1.29 is 32.6 Å². The van der Waals surface area contributed by atoms with Gasteiger partial charge in [-0.3, -0.25) is 10.2 Å². The molecule has 38 heavy (non-hydrogen) atoms. The molecule has 0 saturated heterocycles. The van der Waals surface area contributed by atoms with Gasteiger partial charge in [0.25, 0.3) is 0 Å². The molecule has 0 spiro atoms. The van der Waals surface area contributed by atoms with Gasteiger partial charge < -0.3 is 19.8 Å². The number of hydrogen-bond donors (Lipinski definition) is 4. The molecule has 1 aromatic carbocycles. The Bertz CT molecular complexity index is 1280. The number of nitrogens with one attached hydrogen (secondary N) is 3. The minimum absolute atomic E-state index is 0.265. The van der Waals surface area contributed by atoms with Crippen LogP contribution in [0.3, 0.4) is 0 Å². The lowest BCUT2D eigenvalue weighted by Gasteiger charge is -2.14. The van der Waals surface area contributed by atoms with Gasteiger partial charge in [0.05, 0.1) is 12.7 Å². The van der Waals surface area contributed by atoms with Crippen molar-refractivity contribution in [1.29, 1.82) is 5.26 Å². The number of imidazole rings is 1. The smallest absolute Gasteiger partial charge is 0.475 e. The third-order valence-corrected chi connectivity index (χ3v) is 5.12. The number of halogens is 3. The highest BCUT2D eigenvalue weighted by atomic mass is 19.4. The van der Waals surface area contributed by atoms with Gasteiger partial charge >= 0.3 is 18.2 Å². The molecule has 0 aliphatic carbocycles. The molecule has 0 unspecified atom stereocenters. The number of carboxylic acid groups (broad SMARTS) is 1. The second-order valence-electron chi connectivity index (χ2n) is 8.20. The molecule has 204 valence electrons. The minimum Gasteiger partial charge on any atom is -0.475 e.